The third kappa shape index (κ3) is 4.59. The van der Waals surface area contributed by atoms with Crippen molar-refractivity contribution in [2.24, 2.45) is 0 Å². The molecule has 0 aliphatic carbocycles. The minimum absolute atomic E-state index is 0.0203. The highest BCUT2D eigenvalue weighted by atomic mass is 32.2. The van der Waals surface area contributed by atoms with Gasteiger partial charge in [0.2, 0.25) is 26.0 Å². The number of sulfonamides is 2. The first-order valence-electron chi connectivity index (χ1n) is 9.62. The lowest BCUT2D eigenvalue weighted by atomic mass is 10.2. The molecule has 1 aliphatic heterocycles. The van der Waals surface area contributed by atoms with Crippen molar-refractivity contribution < 1.29 is 26.0 Å². The van der Waals surface area contributed by atoms with Crippen LogP contribution in [0.3, 0.4) is 0 Å². The number of hydrogen-bond acceptors (Lipinski definition) is 7. The van der Waals surface area contributed by atoms with E-state index in [2.05, 4.69) is 9.62 Å². The number of carbonyl (C=O) groups excluding carboxylic acids is 1. The van der Waals surface area contributed by atoms with Crippen LogP contribution in [0.1, 0.15) is 32.1 Å². The fraction of sp³-hybridized carbons (Fsp3) is 0.421. The molecule has 0 radical (unpaired) electrons. The van der Waals surface area contributed by atoms with Gasteiger partial charge in [-0.2, -0.15) is 0 Å². The third-order valence-electron chi connectivity index (χ3n) is 5.05. The zero-order valence-corrected chi connectivity index (χ0v) is 18.4. The average molecular weight is 456 g/mol. The summed E-state index contributed by atoms with van der Waals surface area (Å²) in [4.78, 5) is 13.9. The smallest absolute Gasteiger partial charge is 0.242 e. The summed E-state index contributed by atoms with van der Waals surface area (Å²) in [5.74, 6) is -0.105. The molecule has 164 valence electrons. The number of nitrogens with zero attached hydrogens (tertiary/aromatic N) is 2. The van der Waals surface area contributed by atoms with Gasteiger partial charge in [-0.3, -0.25) is 9.69 Å². The second-order valence-corrected chi connectivity index (χ2v) is 10.5. The van der Waals surface area contributed by atoms with Crippen LogP contribution in [-0.2, 0) is 24.8 Å². The molecular weight excluding hydrogens is 430 g/mol. The van der Waals surface area contributed by atoms with Gasteiger partial charge < -0.3 is 4.42 Å². The summed E-state index contributed by atoms with van der Waals surface area (Å²) in [5, 5.41) is 0. The van der Waals surface area contributed by atoms with Crippen LogP contribution in [0, 0.1) is 0 Å². The maximum atomic E-state index is 12.8. The van der Waals surface area contributed by atoms with Crippen molar-refractivity contribution in [3.05, 3.63) is 48.4 Å². The summed E-state index contributed by atoms with van der Waals surface area (Å²) in [6.07, 6.45) is 1.47. The first-order valence-corrected chi connectivity index (χ1v) is 12.7. The molecule has 1 aliphatic rings. The second-order valence-electron chi connectivity index (χ2n) is 6.82. The van der Waals surface area contributed by atoms with Crippen molar-refractivity contribution in [1.82, 2.24) is 9.62 Å². The number of benzene rings is 1. The highest BCUT2D eigenvalue weighted by molar-refractivity contribution is 7.94. The van der Waals surface area contributed by atoms with Gasteiger partial charge in [0.05, 0.1) is 28.6 Å². The van der Waals surface area contributed by atoms with Crippen molar-refractivity contribution in [3.8, 4) is 0 Å². The maximum absolute atomic E-state index is 12.8. The van der Waals surface area contributed by atoms with Crippen molar-refractivity contribution in [2.75, 3.05) is 29.7 Å². The van der Waals surface area contributed by atoms with Gasteiger partial charge in [-0.05, 0) is 49.5 Å². The number of amides is 1. The molecule has 2 heterocycles. The number of hydrogen-bond donors (Lipinski definition) is 1. The molecule has 11 heteroatoms. The minimum atomic E-state index is -3.85. The van der Waals surface area contributed by atoms with Gasteiger partial charge in [-0.25, -0.2) is 25.9 Å². The Morgan fingerprint density at radius 3 is 2.33 bits per heavy atom. The predicted molar refractivity (Wildman–Crippen MR) is 112 cm³/mol. The predicted octanol–water partition coefficient (Wildman–Crippen LogP) is 1.71. The Morgan fingerprint density at radius 1 is 1.17 bits per heavy atom. The van der Waals surface area contributed by atoms with Crippen molar-refractivity contribution in [3.63, 3.8) is 0 Å². The topological polar surface area (TPSA) is 117 Å². The number of carbonyl (C=O) groups is 1. The molecule has 0 saturated carbocycles. The molecule has 0 bridgehead atoms. The van der Waals surface area contributed by atoms with Gasteiger partial charge in [0.15, 0.2) is 0 Å². The van der Waals surface area contributed by atoms with Crippen molar-refractivity contribution >= 4 is 31.6 Å². The summed E-state index contributed by atoms with van der Waals surface area (Å²) in [6, 6.07) is 8.52. The Labute approximate surface area is 176 Å². The van der Waals surface area contributed by atoms with Crippen LogP contribution in [0.25, 0.3) is 0 Å². The fourth-order valence-corrected chi connectivity index (χ4v) is 5.95. The number of rotatable bonds is 9. The third-order valence-corrected chi connectivity index (χ3v) is 8.18. The van der Waals surface area contributed by atoms with E-state index in [1.54, 1.807) is 18.4 Å². The van der Waals surface area contributed by atoms with Gasteiger partial charge >= 0.3 is 0 Å². The highest BCUT2D eigenvalue weighted by Crippen LogP contribution is 2.26. The van der Waals surface area contributed by atoms with Gasteiger partial charge in [0.25, 0.3) is 0 Å². The molecule has 1 fully saturated rings. The Balaban J connectivity index is 1.77. The van der Waals surface area contributed by atoms with Crippen LogP contribution in [0.2, 0.25) is 0 Å². The van der Waals surface area contributed by atoms with E-state index in [1.807, 2.05) is 13.8 Å². The largest absolute Gasteiger partial charge is 0.468 e. The zero-order valence-electron chi connectivity index (χ0n) is 16.8. The first-order chi connectivity index (χ1) is 14.2. The van der Waals surface area contributed by atoms with E-state index in [-0.39, 0.29) is 35.3 Å². The number of likely N-dealkylation sites (N-methyl/N-ethyl adjacent to an activating group) is 1. The van der Waals surface area contributed by atoms with E-state index in [0.717, 1.165) is 17.4 Å². The van der Waals surface area contributed by atoms with E-state index in [0.29, 0.717) is 5.76 Å². The Morgan fingerprint density at radius 2 is 1.83 bits per heavy atom. The van der Waals surface area contributed by atoms with E-state index in [1.165, 1.54) is 24.3 Å². The van der Waals surface area contributed by atoms with Gasteiger partial charge in [0.1, 0.15) is 5.76 Å². The second kappa shape index (κ2) is 8.88. The summed E-state index contributed by atoms with van der Waals surface area (Å²) in [5.41, 5.74) is 0.132. The van der Waals surface area contributed by atoms with Crippen LogP contribution in [0.5, 0.6) is 0 Å². The molecule has 1 aromatic heterocycles. The van der Waals surface area contributed by atoms with Crippen LogP contribution in [0.15, 0.2) is 52.0 Å². The van der Waals surface area contributed by atoms with E-state index in [9.17, 15) is 21.6 Å². The molecule has 0 spiro atoms. The molecule has 1 saturated heterocycles. The lowest BCUT2D eigenvalue weighted by Crippen LogP contribution is -2.37. The maximum Gasteiger partial charge on any atom is 0.242 e. The van der Waals surface area contributed by atoms with Crippen LogP contribution < -0.4 is 9.03 Å². The molecule has 1 atom stereocenters. The molecular formula is C19H25N3O6S2. The minimum Gasteiger partial charge on any atom is -0.468 e. The molecule has 1 amide bonds. The average Bonchev–Trinajstić information content (AvgIpc) is 3.33. The Kier molecular flexibility index (Phi) is 6.65. The van der Waals surface area contributed by atoms with E-state index < -0.39 is 26.0 Å². The first kappa shape index (κ1) is 22.5. The SMILES string of the molecule is CCN(CC)C(CNS(=O)(=O)c1ccc(N2C(=O)CCS2(=O)=O)cc1)c1ccco1. The van der Waals surface area contributed by atoms with Crippen molar-refractivity contribution in [2.45, 2.75) is 31.2 Å². The lowest BCUT2D eigenvalue weighted by molar-refractivity contribution is -0.116. The number of furan rings is 1. The normalized spacial score (nSPS) is 17.6. The quantitative estimate of drug-likeness (QED) is 0.612. The van der Waals surface area contributed by atoms with Gasteiger partial charge in [0, 0.05) is 13.0 Å². The summed E-state index contributed by atoms with van der Waals surface area (Å²) < 4.78 is 58.4. The summed E-state index contributed by atoms with van der Waals surface area (Å²) in [7, 11) is -7.55. The fourth-order valence-electron chi connectivity index (χ4n) is 3.46. The number of anilines is 1. The van der Waals surface area contributed by atoms with E-state index >= 15 is 0 Å². The van der Waals surface area contributed by atoms with Crippen LogP contribution >= 0.6 is 0 Å². The Bertz CT molecular complexity index is 1080. The number of nitrogens with one attached hydrogen (secondary N) is 1. The van der Waals surface area contributed by atoms with Crippen LogP contribution in [-0.4, -0.2) is 53.0 Å². The molecule has 1 N–H and O–H groups in total. The van der Waals surface area contributed by atoms with Gasteiger partial charge in [-0.1, -0.05) is 13.8 Å². The highest BCUT2D eigenvalue weighted by Gasteiger charge is 2.36. The van der Waals surface area contributed by atoms with Crippen LogP contribution in [0.4, 0.5) is 5.69 Å². The zero-order chi connectivity index (χ0) is 21.9. The Hall–Kier alpha value is -2.21. The monoisotopic (exact) mass is 455 g/mol. The molecule has 1 aromatic carbocycles. The molecule has 30 heavy (non-hydrogen) atoms. The lowest BCUT2D eigenvalue weighted by Gasteiger charge is -2.28. The summed E-state index contributed by atoms with van der Waals surface area (Å²) >= 11 is 0. The molecule has 3 rings (SSSR count). The van der Waals surface area contributed by atoms with E-state index in [4.69, 9.17) is 4.42 Å². The molecule has 9 nitrogen and oxygen atoms in total. The van der Waals surface area contributed by atoms with Gasteiger partial charge in [-0.15, -0.1) is 0 Å². The molecule has 1 unspecified atom stereocenters. The molecule has 2 aromatic rings. The standard InChI is InChI=1S/C19H25N3O6S2/c1-3-21(4-2)17(18-6-5-12-28-18)14-20-30(26,27)16-9-7-15(8-10-16)22-19(23)11-13-29(22,24)25/h5-10,12,17,20H,3-4,11,13-14H2,1-2H3. The van der Waals surface area contributed by atoms with Crippen molar-refractivity contribution in [1.29, 1.82) is 0 Å². The summed E-state index contributed by atoms with van der Waals surface area (Å²) in [6.45, 7) is 5.52.